The molecule has 0 saturated heterocycles. The standard InChI is InChI=1S/C26H41NO/c1-4-5-6-7-8-9-10-11-12-13-14-15-16-17-18-19-20-21-22-23-26(28)27-24-25(2)3/h5-6,8-9,11-12,14-15,17-18,20-21,25H,4,7,10,13,16,19,22-24H2,1-3H3,(H,27,28)/b6-5-,9-8-,12-11-,15-14-,18-17-,21-20-. The van der Waals surface area contributed by atoms with Crippen LogP contribution in [0.15, 0.2) is 72.9 Å². The Bertz CT molecular complexity index is 533. The van der Waals surface area contributed by atoms with Crippen molar-refractivity contribution in [1.29, 1.82) is 0 Å². The van der Waals surface area contributed by atoms with Crippen LogP contribution in [0.2, 0.25) is 0 Å². The van der Waals surface area contributed by atoms with Crippen molar-refractivity contribution in [3.05, 3.63) is 72.9 Å². The highest BCUT2D eigenvalue weighted by Crippen LogP contribution is 1.98. The highest BCUT2D eigenvalue weighted by atomic mass is 16.1. The maximum Gasteiger partial charge on any atom is 0.220 e. The third-order valence-electron chi connectivity index (χ3n) is 3.84. The van der Waals surface area contributed by atoms with Crippen LogP contribution in [0.1, 0.15) is 72.1 Å². The summed E-state index contributed by atoms with van der Waals surface area (Å²) in [6.07, 6.45) is 33.7. The SMILES string of the molecule is CC/C=C\C/C=C\C/C=C\C/C=C\C/C=C\C/C=C\CCC(=O)NCC(C)C. The second kappa shape index (κ2) is 21.2. The zero-order valence-electron chi connectivity index (χ0n) is 18.3. The van der Waals surface area contributed by atoms with E-state index in [9.17, 15) is 4.79 Å². The Balaban J connectivity index is 3.57. The number of carbonyl (C=O) groups is 1. The summed E-state index contributed by atoms with van der Waals surface area (Å²) in [6.45, 7) is 7.13. The van der Waals surface area contributed by atoms with E-state index in [1.165, 1.54) is 0 Å². The molecule has 0 spiro atoms. The monoisotopic (exact) mass is 383 g/mol. The average molecular weight is 384 g/mol. The smallest absolute Gasteiger partial charge is 0.220 e. The van der Waals surface area contributed by atoms with Gasteiger partial charge in [0.25, 0.3) is 0 Å². The van der Waals surface area contributed by atoms with Crippen molar-refractivity contribution >= 4 is 5.91 Å². The molecule has 2 nitrogen and oxygen atoms in total. The molecule has 0 bridgehead atoms. The third-order valence-corrected chi connectivity index (χ3v) is 3.84. The van der Waals surface area contributed by atoms with E-state index in [2.05, 4.69) is 99.0 Å². The molecule has 0 fully saturated rings. The molecule has 0 unspecified atom stereocenters. The number of amides is 1. The normalized spacial score (nSPS) is 13.0. The van der Waals surface area contributed by atoms with E-state index < -0.39 is 0 Å². The predicted molar refractivity (Wildman–Crippen MR) is 125 cm³/mol. The molecule has 0 saturated carbocycles. The van der Waals surface area contributed by atoms with E-state index in [1.807, 2.05) is 0 Å². The van der Waals surface area contributed by atoms with Crippen LogP contribution < -0.4 is 5.32 Å². The van der Waals surface area contributed by atoms with Gasteiger partial charge in [-0.15, -0.1) is 0 Å². The van der Waals surface area contributed by atoms with Gasteiger partial charge in [-0.3, -0.25) is 4.79 Å². The second-order valence-corrected chi connectivity index (χ2v) is 7.15. The van der Waals surface area contributed by atoms with Crippen molar-refractivity contribution in [1.82, 2.24) is 5.32 Å². The van der Waals surface area contributed by atoms with E-state index in [-0.39, 0.29) is 5.91 Å². The maximum absolute atomic E-state index is 11.6. The quantitative estimate of drug-likeness (QED) is 0.280. The molecule has 0 aliphatic rings. The van der Waals surface area contributed by atoms with Crippen LogP contribution in [-0.4, -0.2) is 12.5 Å². The zero-order valence-corrected chi connectivity index (χ0v) is 18.3. The molecule has 1 N–H and O–H groups in total. The van der Waals surface area contributed by atoms with Gasteiger partial charge in [0.1, 0.15) is 0 Å². The summed E-state index contributed by atoms with van der Waals surface area (Å²) in [5.74, 6) is 0.656. The number of nitrogens with one attached hydrogen (secondary N) is 1. The molecule has 1 amide bonds. The van der Waals surface area contributed by atoms with E-state index in [1.54, 1.807) is 0 Å². The molecule has 0 aromatic carbocycles. The first-order valence-corrected chi connectivity index (χ1v) is 10.8. The molecule has 0 radical (unpaired) electrons. The van der Waals surface area contributed by atoms with Gasteiger partial charge in [-0.05, 0) is 50.9 Å². The topological polar surface area (TPSA) is 29.1 Å². The summed E-state index contributed by atoms with van der Waals surface area (Å²) < 4.78 is 0. The number of allylic oxidation sites excluding steroid dienone is 12. The Hall–Kier alpha value is -2.09. The van der Waals surface area contributed by atoms with Crippen molar-refractivity contribution in [3.63, 3.8) is 0 Å². The first kappa shape index (κ1) is 25.9. The van der Waals surface area contributed by atoms with E-state index in [0.717, 1.165) is 51.5 Å². The van der Waals surface area contributed by atoms with Gasteiger partial charge in [0.15, 0.2) is 0 Å². The molecule has 2 heteroatoms. The van der Waals surface area contributed by atoms with Crippen LogP contribution in [0, 0.1) is 5.92 Å². The summed E-state index contributed by atoms with van der Waals surface area (Å²) in [5.41, 5.74) is 0. The van der Waals surface area contributed by atoms with Gasteiger partial charge in [-0.1, -0.05) is 93.7 Å². The van der Waals surface area contributed by atoms with Crippen molar-refractivity contribution in [2.45, 2.75) is 72.1 Å². The van der Waals surface area contributed by atoms with E-state index >= 15 is 0 Å². The molecule has 0 heterocycles. The first-order chi connectivity index (χ1) is 13.7. The minimum absolute atomic E-state index is 0.147. The molecule has 0 aliphatic heterocycles. The second-order valence-electron chi connectivity index (χ2n) is 7.15. The summed E-state index contributed by atoms with van der Waals surface area (Å²) >= 11 is 0. The van der Waals surface area contributed by atoms with Crippen LogP contribution in [0.25, 0.3) is 0 Å². The fraction of sp³-hybridized carbons (Fsp3) is 0.500. The van der Waals surface area contributed by atoms with Crippen molar-refractivity contribution in [2.75, 3.05) is 6.54 Å². The van der Waals surface area contributed by atoms with Crippen molar-refractivity contribution in [3.8, 4) is 0 Å². The number of hydrogen-bond donors (Lipinski definition) is 1. The van der Waals surface area contributed by atoms with Crippen molar-refractivity contribution < 1.29 is 4.79 Å². The van der Waals surface area contributed by atoms with Crippen LogP contribution >= 0.6 is 0 Å². The lowest BCUT2D eigenvalue weighted by molar-refractivity contribution is -0.121. The van der Waals surface area contributed by atoms with Gasteiger partial charge < -0.3 is 5.32 Å². The molecular formula is C26H41NO. The van der Waals surface area contributed by atoms with Crippen molar-refractivity contribution in [2.24, 2.45) is 5.92 Å². The van der Waals surface area contributed by atoms with Gasteiger partial charge in [-0.25, -0.2) is 0 Å². The Morgan fingerprint density at radius 3 is 1.46 bits per heavy atom. The minimum atomic E-state index is 0.147. The Kier molecular flexibility index (Phi) is 19.6. The highest BCUT2D eigenvalue weighted by molar-refractivity contribution is 5.75. The Labute approximate surface area is 173 Å². The van der Waals surface area contributed by atoms with Crippen LogP contribution in [0.4, 0.5) is 0 Å². The maximum atomic E-state index is 11.6. The lowest BCUT2D eigenvalue weighted by atomic mass is 10.2. The van der Waals surface area contributed by atoms with Crippen LogP contribution in [-0.2, 0) is 4.79 Å². The molecular weight excluding hydrogens is 342 g/mol. The predicted octanol–water partition coefficient (Wildman–Crippen LogP) is 7.24. The van der Waals surface area contributed by atoms with E-state index in [4.69, 9.17) is 0 Å². The average Bonchev–Trinajstić information content (AvgIpc) is 2.68. The lowest BCUT2D eigenvalue weighted by Crippen LogP contribution is -2.26. The third kappa shape index (κ3) is 22.0. The number of carbonyl (C=O) groups excluding carboxylic acids is 1. The largest absolute Gasteiger partial charge is 0.356 e. The summed E-state index contributed by atoms with van der Waals surface area (Å²) in [5, 5.41) is 2.94. The van der Waals surface area contributed by atoms with Crippen LogP contribution in [0.3, 0.4) is 0 Å². The fourth-order valence-electron chi connectivity index (χ4n) is 2.26. The lowest BCUT2D eigenvalue weighted by Gasteiger charge is -2.06. The molecule has 0 aromatic rings. The minimum Gasteiger partial charge on any atom is -0.356 e. The number of hydrogen-bond acceptors (Lipinski definition) is 1. The van der Waals surface area contributed by atoms with Gasteiger partial charge in [0.2, 0.25) is 5.91 Å². The number of rotatable bonds is 16. The summed E-state index contributed by atoms with van der Waals surface area (Å²) in [4.78, 5) is 11.6. The fourth-order valence-corrected chi connectivity index (χ4v) is 2.26. The molecule has 0 aromatic heterocycles. The van der Waals surface area contributed by atoms with Gasteiger partial charge in [-0.2, -0.15) is 0 Å². The van der Waals surface area contributed by atoms with Gasteiger partial charge >= 0.3 is 0 Å². The molecule has 0 atom stereocenters. The zero-order chi connectivity index (χ0) is 20.7. The molecule has 0 aliphatic carbocycles. The van der Waals surface area contributed by atoms with Gasteiger partial charge in [0, 0.05) is 13.0 Å². The summed E-state index contributed by atoms with van der Waals surface area (Å²) in [6, 6.07) is 0. The van der Waals surface area contributed by atoms with E-state index in [0.29, 0.717) is 12.3 Å². The molecule has 28 heavy (non-hydrogen) atoms. The van der Waals surface area contributed by atoms with Gasteiger partial charge in [0.05, 0.1) is 0 Å². The molecule has 0 rings (SSSR count). The Morgan fingerprint density at radius 2 is 1.07 bits per heavy atom. The molecule has 156 valence electrons. The first-order valence-electron chi connectivity index (χ1n) is 10.8. The van der Waals surface area contributed by atoms with Crippen LogP contribution in [0.5, 0.6) is 0 Å². The summed E-state index contributed by atoms with van der Waals surface area (Å²) in [7, 11) is 0. The highest BCUT2D eigenvalue weighted by Gasteiger charge is 1.99. The Morgan fingerprint density at radius 1 is 0.679 bits per heavy atom.